The molecule has 0 amide bonds. The van der Waals surface area contributed by atoms with Crippen molar-refractivity contribution in [2.24, 2.45) is 0 Å². The molecule has 0 saturated carbocycles. The van der Waals surface area contributed by atoms with Crippen LogP contribution in [0, 0.1) is 0 Å². The SMILES string of the molecule is CCOC(=O)c1coc2cc(N)c(Br)cc12. The van der Waals surface area contributed by atoms with Gasteiger partial charge < -0.3 is 14.9 Å². The Morgan fingerprint density at radius 2 is 2.31 bits per heavy atom. The third kappa shape index (κ3) is 1.78. The van der Waals surface area contributed by atoms with E-state index in [1.54, 1.807) is 19.1 Å². The zero-order valence-corrected chi connectivity index (χ0v) is 10.2. The van der Waals surface area contributed by atoms with Crippen molar-refractivity contribution >= 4 is 38.6 Å². The van der Waals surface area contributed by atoms with E-state index in [-0.39, 0.29) is 0 Å². The van der Waals surface area contributed by atoms with E-state index in [2.05, 4.69) is 15.9 Å². The Labute approximate surface area is 100 Å². The molecule has 0 aliphatic heterocycles. The maximum Gasteiger partial charge on any atom is 0.342 e. The summed E-state index contributed by atoms with van der Waals surface area (Å²) in [5.74, 6) is -0.391. The minimum atomic E-state index is -0.391. The molecule has 1 aromatic carbocycles. The van der Waals surface area contributed by atoms with Gasteiger partial charge in [0.1, 0.15) is 17.4 Å². The van der Waals surface area contributed by atoms with Crippen LogP contribution in [0.1, 0.15) is 17.3 Å². The molecule has 2 N–H and O–H groups in total. The molecule has 4 nitrogen and oxygen atoms in total. The summed E-state index contributed by atoms with van der Waals surface area (Å²) in [6, 6.07) is 3.42. The fraction of sp³-hybridized carbons (Fsp3) is 0.182. The van der Waals surface area contributed by atoms with Crippen LogP contribution < -0.4 is 5.73 Å². The van der Waals surface area contributed by atoms with E-state index in [4.69, 9.17) is 14.9 Å². The molecule has 0 atom stereocenters. The largest absolute Gasteiger partial charge is 0.463 e. The first-order valence-electron chi connectivity index (χ1n) is 4.76. The van der Waals surface area contributed by atoms with Crippen LogP contribution >= 0.6 is 15.9 Å². The number of ether oxygens (including phenoxy) is 1. The number of benzene rings is 1. The molecule has 5 heteroatoms. The van der Waals surface area contributed by atoms with E-state index in [9.17, 15) is 4.79 Å². The Morgan fingerprint density at radius 3 is 3.00 bits per heavy atom. The van der Waals surface area contributed by atoms with E-state index in [1.165, 1.54) is 6.26 Å². The van der Waals surface area contributed by atoms with Crippen LogP contribution in [-0.4, -0.2) is 12.6 Å². The smallest absolute Gasteiger partial charge is 0.342 e. The summed E-state index contributed by atoms with van der Waals surface area (Å²) in [6.07, 6.45) is 1.38. The monoisotopic (exact) mass is 283 g/mol. The molecule has 0 radical (unpaired) electrons. The minimum absolute atomic E-state index is 0.335. The van der Waals surface area contributed by atoms with Gasteiger partial charge in [-0.1, -0.05) is 0 Å². The van der Waals surface area contributed by atoms with Crippen molar-refractivity contribution in [3.8, 4) is 0 Å². The van der Waals surface area contributed by atoms with Gasteiger partial charge in [0.15, 0.2) is 0 Å². The second kappa shape index (κ2) is 4.17. The maximum atomic E-state index is 11.6. The number of nitrogens with two attached hydrogens (primary N) is 1. The van der Waals surface area contributed by atoms with Gasteiger partial charge in [0, 0.05) is 21.6 Å². The first-order valence-corrected chi connectivity index (χ1v) is 5.56. The van der Waals surface area contributed by atoms with Gasteiger partial charge in [-0.2, -0.15) is 0 Å². The summed E-state index contributed by atoms with van der Waals surface area (Å²) in [6.45, 7) is 2.09. The lowest BCUT2D eigenvalue weighted by Crippen LogP contribution is -2.03. The number of furan rings is 1. The standard InChI is InChI=1S/C11H10BrNO3/c1-2-15-11(14)7-5-16-10-4-9(13)8(12)3-6(7)10/h3-5H,2,13H2,1H3. The van der Waals surface area contributed by atoms with Gasteiger partial charge in [-0.15, -0.1) is 0 Å². The number of fused-ring (bicyclic) bond motifs is 1. The van der Waals surface area contributed by atoms with Gasteiger partial charge in [-0.05, 0) is 28.9 Å². The molecule has 1 heterocycles. The highest BCUT2D eigenvalue weighted by Gasteiger charge is 2.15. The highest BCUT2D eigenvalue weighted by atomic mass is 79.9. The molecular weight excluding hydrogens is 274 g/mol. The van der Waals surface area contributed by atoms with Gasteiger partial charge in [-0.3, -0.25) is 0 Å². The van der Waals surface area contributed by atoms with E-state index in [1.807, 2.05) is 0 Å². The molecule has 0 saturated heterocycles. The topological polar surface area (TPSA) is 65.5 Å². The fourth-order valence-corrected chi connectivity index (χ4v) is 1.77. The predicted octanol–water partition coefficient (Wildman–Crippen LogP) is 2.95. The summed E-state index contributed by atoms with van der Waals surface area (Å²) in [4.78, 5) is 11.6. The van der Waals surface area contributed by atoms with Crippen LogP contribution in [0.4, 0.5) is 5.69 Å². The summed E-state index contributed by atoms with van der Waals surface area (Å²) < 4.78 is 10.9. The predicted molar refractivity (Wildman–Crippen MR) is 64.3 cm³/mol. The molecule has 2 aromatic rings. The molecular formula is C11H10BrNO3. The molecule has 1 aromatic heterocycles. The van der Waals surface area contributed by atoms with Crippen molar-refractivity contribution < 1.29 is 13.9 Å². The van der Waals surface area contributed by atoms with Crippen molar-refractivity contribution in [1.29, 1.82) is 0 Å². The third-order valence-corrected chi connectivity index (χ3v) is 2.87. The lowest BCUT2D eigenvalue weighted by atomic mass is 10.1. The second-order valence-corrected chi connectivity index (χ2v) is 4.09. The summed E-state index contributed by atoms with van der Waals surface area (Å²) >= 11 is 3.30. The van der Waals surface area contributed by atoms with Crippen LogP contribution in [0.3, 0.4) is 0 Å². The average molecular weight is 284 g/mol. The fourth-order valence-electron chi connectivity index (χ4n) is 1.43. The first kappa shape index (κ1) is 11.0. The van der Waals surface area contributed by atoms with Crippen LogP contribution in [0.2, 0.25) is 0 Å². The molecule has 0 unspecified atom stereocenters. The maximum absolute atomic E-state index is 11.6. The number of anilines is 1. The molecule has 84 valence electrons. The first-order chi connectivity index (χ1) is 7.63. The number of nitrogen functional groups attached to an aromatic ring is 1. The number of hydrogen-bond donors (Lipinski definition) is 1. The van der Waals surface area contributed by atoms with Crippen molar-refractivity contribution in [2.75, 3.05) is 12.3 Å². The Kier molecular flexibility index (Phi) is 2.87. The number of halogens is 1. The van der Waals surface area contributed by atoms with E-state index in [0.717, 1.165) is 4.47 Å². The zero-order valence-electron chi connectivity index (χ0n) is 8.62. The molecule has 0 bridgehead atoms. The Morgan fingerprint density at radius 1 is 1.56 bits per heavy atom. The Bertz CT molecular complexity index is 547. The number of rotatable bonds is 2. The summed E-state index contributed by atoms with van der Waals surface area (Å²) in [5, 5.41) is 0.694. The van der Waals surface area contributed by atoms with E-state index in [0.29, 0.717) is 28.8 Å². The lowest BCUT2D eigenvalue weighted by molar-refractivity contribution is 0.0527. The van der Waals surface area contributed by atoms with E-state index >= 15 is 0 Å². The van der Waals surface area contributed by atoms with E-state index < -0.39 is 5.97 Å². The number of esters is 1. The zero-order chi connectivity index (χ0) is 11.7. The Hall–Kier alpha value is -1.49. The highest BCUT2D eigenvalue weighted by molar-refractivity contribution is 9.10. The summed E-state index contributed by atoms with van der Waals surface area (Å²) in [5.41, 5.74) is 7.26. The molecule has 0 fully saturated rings. The number of carbonyl (C=O) groups excluding carboxylic acids is 1. The molecule has 0 spiro atoms. The van der Waals surface area contributed by atoms with Crippen molar-refractivity contribution in [3.63, 3.8) is 0 Å². The van der Waals surface area contributed by atoms with Gasteiger partial charge in [0.25, 0.3) is 0 Å². The van der Waals surface area contributed by atoms with Gasteiger partial charge in [0.05, 0.1) is 6.61 Å². The van der Waals surface area contributed by atoms with Crippen LogP contribution in [-0.2, 0) is 4.74 Å². The van der Waals surface area contributed by atoms with Crippen molar-refractivity contribution in [2.45, 2.75) is 6.92 Å². The van der Waals surface area contributed by atoms with Crippen molar-refractivity contribution in [1.82, 2.24) is 0 Å². The van der Waals surface area contributed by atoms with Gasteiger partial charge in [0.2, 0.25) is 0 Å². The minimum Gasteiger partial charge on any atom is -0.463 e. The molecule has 2 rings (SSSR count). The van der Waals surface area contributed by atoms with Crippen LogP contribution in [0.5, 0.6) is 0 Å². The normalized spacial score (nSPS) is 10.6. The summed E-state index contributed by atoms with van der Waals surface area (Å²) in [7, 11) is 0. The molecule has 0 aliphatic rings. The van der Waals surface area contributed by atoms with Crippen LogP contribution in [0.15, 0.2) is 27.3 Å². The van der Waals surface area contributed by atoms with Crippen molar-refractivity contribution in [3.05, 3.63) is 28.4 Å². The third-order valence-electron chi connectivity index (χ3n) is 2.19. The number of hydrogen-bond acceptors (Lipinski definition) is 4. The molecule has 0 aliphatic carbocycles. The second-order valence-electron chi connectivity index (χ2n) is 3.24. The van der Waals surface area contributed by atoms with Gasteiger partial charge in [-0.25, -0.2) is 4.79 Å². The Balaban J connectivity index is 2.56. The lowest BCUT2D eigenvalue weighted by Gasteiger charge is -2.00. The van der Waals surface area contributed by atoms with Crippen LogP contribution in [0.25, 0.3) is 11.0 Å². The quantitative estimate of drug-likeness (QED) is 0.680. The molecule has 16 heavy (non-hydrogen) atoms. The highest BCUT2D eigenvalue weighted by Crippen LogP contribution is 2.30. The number of carbonyl (C=O) groups is 1. The van der Waals surface area contributed by atoms with Gasteiger partial charge >= 0.3 is 5.97 Å². The average Bonchev–Trinajstić information content (AvgIpc) is 2.62.